The van der Waals surface area contributed by atoms with Crippen LogP contribution in [0.1, 0.15) is 77.0 Å². The van der Waals surface area contributed by atoms with Crippen LogP contribution in [0.3, 0.4) is 0 Å². The zero-order valence-corrected chi connectivity index (χ0v) is 23.1. The summed E-state index contributed by atoms with van der Waals surface area (Å²) in [7, 11) is 0. The van der Waals surface area contributed by atoms with Crippen LogP contribution < -0.4 is 20.9 Å². The number of amides is 1. The second-order valence-corrected chi connectivity index (χ2v) is 11.0. The van der Waals surface area contributed by atoms with E-state index in [2.05, 4.69) is 34.9 Å². The summed E-state index contributed by atoms with van der Waals surface area (Å²) in [6.45, 7) is 14.4. The molecule has 1 unspecified atom stereocenters. The molecule has 1 amide bonds. The van der Waals surface area contributed by atoms with Crippen LogP contribution >= 0.6 is 0 Å². The third-order valence-electron chi connectivity index (χ3n) is 8.07. The lowest BCUT2D eigenvalue weighted by Gasteiger charge is -2.41. The molecular weight excluding hydrogens is 496 g/mol. The highest BCUT2D eigenvalue weighted by Crippen LogP contribution is 2.45. The van der Waals surface area contributed by atoms with Gasteiger partial charge in [-0.15, -0.1) is 0 Å². The second kappa shape index (κ2) is 10.4. The van der Waals surface area contributed by atoms with Crippen molar-refractivity contribution in [2.24, 2.45) is 5.92 Å². The van der Waals surface area contributed by atoms with Gasteiger partial charge in [0, 0.05) is 23.5 Å². The van der Waals surface area contributed by atoms with Crippen molar-refractivity contribution in [1.82, 2.24) is 14.5 Å². The van der Waals surface area contributed by atoms with Crippen LogP contribution in [-0.4, -0.2) is 26.5 Å². The molecule has 1 saturated carbocycles. The largest absolute Gasteiger partial charge is 0.354 e. The highest BCUT2D eigenvalue weighted by atomic mass is 19.1. The molecule has 0 spiro atoms. The summed E-state index contributed by atoms with van der Waals surface area (Å²) < 4.78 is 29.6. The van der Waals surface area contributed by atoms with Gasteiger partial charge in [-0.05, 0) is 87.4 Å². The summed E-state index contributed by atoms with van der Waals surface area (Å²) in [4.78, 5) is 23.1. The molecule has 3 heterocycles. The number of pyridine rings is 1. The highest BCUT2D eigenvalue weighted by Gasteiger charge is 2.43. The Kier molecular flexibility index (Phi) is 7.14. The molecule has 8 heteroatoms. The summed E-state index contributed by atoms with van der Waals surface area (Å²) >= 11 is 0. The van der Waals surface area contributed by atoms with Crippen molar-refractivity contribution in [3.8, 4) is 0 Å². The van der Waals surface area contributed by atoms with Crippen molar-refractivity contribution in [3.05, 3.63) is 77.0 Å². The van der Waals surface area contributed by atoms with Gasteiger partial charge in [0.1, 0.15) is 0 Å². The Balaban J connectivity index is 1.53. The Morgan fingerprint density at radius 2 is 1.97 bits per heavy atom. The van der Waals surface area contributed by atoms with Crippen LogP contribution in [-0.2, 0) is 4.79 Å². The lowest BCUT2D eigenvalue weighted by molar-refractivity contribution is -0.120. The molecular formula is C31H35F2N5O. The molecule has 3 aromatic rings. The number of anilines is 2. The second-order valence-electron chi connectivity index (χ2n) is 11.0. The third kappa shape index (κ3) is 4.88. The average molecular weight is 532 g/mol. The first-order valence-electron chi connectivity index (χ1n) is 13.6. The van der Waals surface area contributed by atoms with Gasteiger partial charge in [-0.3, -0.25) is 4.79 Å². The summed E-state index contributed by atoms with van der Waals surface area (Å²) in [5.74, 6) is -1.07. The number of halogens is 2. The molecule has 1 atom stereocenters. The fourth-order valence-electron chi connectivity index (χ4n) is 5.67. The van der Waals surface area contributed by atoms with Gasteiger partial charge in [0.15, 0.2) is 0 Å². The number of benzene rings is 1. The maximum atomic E-state index is 14.3. The highest BCUT2D eigenvalue weighted by molar-refractivity contribution is 6.06. The minimum Gasteiger partial charge on any atom is -0.354 e. The van der Waals surface area contributed by atoms with Crippen LogP contribution in [0.2, 0.25) is 0 Å². The van der Waals surface area contributed by atoms with Crippen LogP contribution in [0.5, 0.6) is 0 Å². The van der Waals surface area contributed by atoms with Crippen LogP contribution in [0.15, 0.2) is 43.2 Å². The maximum Gasteiger partial charge on any atom is 0.239 e. The summed E-state index contributed by atoms with van der Waals surface area (Å²) in [5, 5.41) is 4.46. The van der Waals surface area contributed by atoms with Gasteiger partial charge in [0.25, 0.3) is 0 Å². The number of allylic oxidation sites excluding steroid dienone is 1. The molecule has 6 nitrogen and oxygen atoms in total. The number of nitrogens with one attached hydrogen (secondary N) is 1. The van der Waals surface area contributed by atoms with Crippen molar-refractivity contribution in [3.63, 3.8) is 0 Å². The molecule has 1 fully saturated rings. The van der Waals surface area contributed by atoms with Crippen molar-refractivity contribution < 1.29 is 13.6 Å². The number of rotatable bonds is 7. The van der Waals surface area contributed by atoms with Crippen LogP contribution in [0.25, 0.3) is 17.3 Å². The molecule has 1 aliphatic heterocycles. The molecule has 1 aromatic carbocycles. The Labute approximate surface area is 227 Å². The number of fused-ring (bicyclic) bond motifs is 1. The van der Waals surface area contributed by atoms with E-state index in [1.54, 1.807) is 6.33 Å². The monoisotopic (exact) mass is 531 g/mol. The fraction of sp³-hybridized carbons (Fsp3) is 0.387. The molecule has 1 N–H and O–H groups in total. The molecule has 1 aliphatic carbocycles. The first-order valence-corrected chi connectivity index (χ1v) is 13.6. The van der Waals surface area contributed by atoms with Gasteiger partial charge in [-0.2, -0.15) is 13.8 Å². The molecule has 2 aliphatic rings. The van der Waals surface area contributed by atoms with Crippen molar-refractivity contribution in [2.45, 2.75) is 71.9 Å². The fourth-order valence-corrected chi connectivity index (χ4v) is 5.67. The maximum absolute atomic E-state index is 14.3. The lowest BCUT2D eigenvalue weighted by Crippen LogP contribution is -2.46. The summed E-state index contributed by atoms with van der Waals surface area (Å²) in [6.07, 6.45) is 6.89. The number of nitrogens with zero attached hydrogens (tertiary/aromatic N) is 4. The van der Waals surface area contributed by atoms with Gasteiger partial charge < -0.3 is 14.8 Å². The molecule has 0 radical (unpaired) electrons. The van der Waals surface area contributed by atoms with Crippen molar-refractivity contribution in [1.29, 1.82) is 0 Å². The van der Waals surface area contributed by atoms with E-state index in [-0.39, 0.29) is 29.6 Å². The van der Waals surface area contributed by atoms with Gasteiger partial charge in [-0.25, -0.2) is 4.98 Å². The molecule has 2 aromatic heterocycles. The standard InChI is InChI=1S/C31H35F2N5O/c1-7-21-13-23(14-21)38-27-15-22(8-9-24(27)19(5)31(38)39)18(4)12-26-29(37(16-34-26)17(2)3)20(6)35-25-10-11-28(32)36-30(25)33/h8-12,15-17,19,21,23,35H,4,7,13-14H2,1-3,5-6H3/b26-12+,29-20-. The van der Waals surface area contributed by atoms with Gasteiger partial charge in [0.05, 0.1) is 28.6 Å². The van der Waals surface area contributed by atoms with Crippen molar-refractivity contribution >= 4 is 34.6 Å². The first kappa shape index (κ1) is 26.8. The smallest absolute Gasteiger partial charge is 0.239 e. The van der Waals surface area contributed by atoms with E-state index >= 15 is 0 Å². The van der Waals surface area contributed by atoms with E-state index in [1.165, 1.54) is 6.07 Å². The number of hydrogen-bond acceptors (Lipinski definition) is 4. The van der Waals surface area contributed by atoms with Crippen molar-refractivity contribution in [2.75, 3.05) is 10.2 Å². The molecule has 39 heavy (non-hydrogen) atoms. The Morgan fingerprint density at radius 1 is 1.23 bits per heavy atom. The van der Waals surface area contributed by atoms with Crippen LogP contribution in [0.4, 0.5) is 20.2 Å². The van der Waals surface area contributed by atoms with E-state index in [0.717, 1.165) is 53.1 Å². The first-order chi connectivity index (χ1) is 18.6. The van der Waals surface area contributed by atoms with E-state index in [0.29, 0.717) is 17.0 Å². The molecule has 5 rings (SSSR count). The Bertz CT molecular complexity index is 1570. The average Bonchev–Trinajstić information content (AvgIpc) is 3.40. The Morgan fingerprint density at radius 3 is 2.64 bits per heavy atom. The number of aromatic nitrogens is 3. The SMILES string of the molecule is C=C(/C=c1/ncn(C(C)C)/c1=C(/C)Nc1ccc(F)nc1F)c1ccc2c(c1)N(C1CC(CC)C1)C(=O)C2C. The minimum absolute atomic E-state index is 0.0778. The van der Waals surface area contributed by atoms with E-state index < -0.39 is 11.9 Å². The lowest BCUT2D eigenvalue weighted by atomic mass is 9.77. The van der Waals surface area contributed by atoms with Gasteiger partial charge >= 0.3 is 0 Å². The van der Waals surface area contributed by atoms with E-state index in [4.69, 9.17) is 0 Å². The zero-order valence-electron chi connectivity index (χ0n) is 23.1. The minimum atomic E-state index is -0.914. The van der Waals surface area contributed by atoms with Gasteiger partial charge in [0.2, 0.25) is 17.8 Å². The van der Waals surface area contributed by atoms with E-state index in [9.17, 15) is 13.6 Å². The molecule has 204 valence electrons. The molecule has 0 saturated heterocycles. The van der Waals surface area contributed by atoms with Crippen LogP contribution in [0, 0.1) is 17.8 Å². The van der Waals surface area contributed by atoms with Gasteiger partial charge in [-0.1, -0.05) is 32.1 Å². The number of hydrogen-bond donors (Lipinski definition) is 1. The summed E-state index contributed by atoms with van der Waals surface area (Å²) in [5.41, 5.74) is 4.43. The number of carbonyl (C=O) groups excluding carboxylic acids is 1. The van der Waals surface area contributed by atoms with E-state index in [1.807, 2.05) is 55.4 Å². The predicted molar refractivity (Wildman–Crippen MR) is 151 cm³/mol. The third-order valence-corrected chi connectivity index (χ3v) is 8.07. The number of imidazole rings is 1. The predicted octanol–water partition coefficient (Wildman–Crippen LogP) is 5.51. The number of carbonyl (C=O) groups is 1. The molecule has 0 bridgehead atoms. The quantitative estimate of drug-likeness (QED) is 0.409. The summed E-state index contributed by atoms with van der Waals surface area (Å²) in [6, 6.07) is 8.91. The normalized spacial score (nSPS) is 21.7. The zero-order chi connectivity index (χ0) is 28.0. The topological polar surface area (TPSA) is 63.1 Å². The Hall–Kier alpha value is -3.81.